The lowest BCUT2D eigenvalue weighted by molar-refractivity contribution is -0.106. The van der Waals surface area contributed by atoms with Crippen molar-refractivity contribution >= 4 is 12.1 Å². The molecule has 0 N–H and O–H groups in total. The van der Waals surface area contributed by atoms with Gasteiger partial charge in [-0.05, 0) is 25.3 Å². The molecule has 1 aliphatic rings. The maximum absolute atomic E-state index is 10.8. The van der Waals surface area contributed by atoms with Crippen molar-refractivity contribution in [2.75, 3.05) is 25.6 Å². The Labute approximate surface area is 129 Å². The Morgan fingerprint density at radius 1 is 1.36 bits per heavy atom. The van der Waals surface area contributed by atoms with Crippen molar-refractivity contribution in [3.8, 4) is 17.3 Å². The van der Waals surface area contributed by atoms with Crippen LogP contribution in [0.3, 0.4) is 0 Å². The molecular weight excluding hydrogens is 280 g/mol. The molecule has 0 saturated heterocycles. The number of ether oxygens (including phenoxy) is 1. The molecule has 2 aromatic rings. The molecule has 0 bridgehead atoms. The first kappa shape index (κ1) is 14.4. The SMILES string of the molecule is COc1ccnc(-c2nc3c(c(N(C)CC=O)n2)CCC3)c1. The molecule has 2 heterocycles. The molecule has 0 aliphatic heterocycles. The Balaban J connectivity index is 2.08. The van der Waals surface area contributed by atoms with Gasteiger partial charge < -0.3 is 14.4 Å². The van der Waals surface area contributed by atoms with E-state index in [1.807, 2.05) is 18.0 Å². The summed E-state index contributed by atoms with van der Waals surface area (Å²) >= 11 is 0. The second-order valence-electron chi connectivity index (χ2n) is 5.28. The lowest BCUT2D eigenvalue weighted by Gasteiger charge is -2.19. The summed E-state index contributed by atoms with van der Waals surface area (Å²) in [6.45, 7) is 0.314. The zero-order chi connectivity index (χ0) is 15.5. The van der Waals surface area contributed by atoms with Crippen LogP contribution in [0.25, 0.3) is 11.5 Å². The van der Waals surface area contributed by atoms with E-state index in [4.69, 9.17) is 4.74 Å². The van der Waals surface area contributed by atoms with E-state index < -0.39 is 0 Å². The zero-order valence-corrected chi connectivity index (χ0v) is 12.7. The molecular formula is C16H18N4O2. The van der Waals surface area contributed by atoms with Crippen molar-refractivity contribution in [3.05, 3.63) is 29.6 Å². The largest absolute Gasteiger partial charge is 0.497 e. The van der Waals surface area contributed by atoms with Crippen LogP contribution in [0, 0.1) is 0 Å². The summed E-state index contributed by atoms with van der Waals surface area (Å²) < 4.78 is 5.23. The van der Waals surface area contributed by atoms with Gasteiger partial charge in [-0.3, -0.25) is 4.98 Å². The number of likely N-dealkylation sites (N-methyl/N-ethyl adjacent to an activating group) is 1. The number of nitrogens with zero attached hydrogens (tertiary/aromatic N) is 4. The predicted octanol–water partition coefficient (Wildman–Crippen LogP) is 1.67. The zero-order valence-electron chi connectivity index (χ0n) is 12.7. The fourth-order valence-corrected chi connectivity index (χ4v) is 2.70. The van der Waals surface area contributed by atoms with Crippen molar-refractivity contribution in [2.24, 2.45) is 0 Å². The monoisotopic (exact) mass is 298 g/mol. The number of hydrogen-bond donors (Lipinski definition) is 0. The van der Waals surface area contributed by atoms with Crippen LogP contribution >= 0.6 is 0 Å². The Morgan fingerprint density at radius 2 is 2.23 bits per heavy atom. The van der Waals surface area contributed by atoms with Crippen LogP contribution in [-0.2, 0) is 17.6 Å². The minimum Gasteiger partial charge on any atom is -0.497 e. The molecule has 0 fully saturated rings. The number of carbonyl (C=O) groups is 1. The Bertz CT molecular complexity index is 703. The van der Waals surface area contributed by atoms with Crippen molar-refractivity contribution in [1.82, 2.24) is 15.0 Å². The molecule has 6 nitrogen and oxygen atoms in total. The lowest BCUT2D eigenvalue weighted by Crippen LogP contribution is -2.23. The van der Waals surface area contributed by atoms with Gasteiger partial charge >= 0.3 is 0 Å². The number of aldehydes is 1. The molecule has 0 amide bonds. The van der Waals surface area contributed by atoms with E-state index in [0.717, 1.165) is 48.4 Å². The topological polar surface area (TPSA) is 68.2 Å². The first-order valence-electron chi connectivity index (χ1n) is 7.28. The van der Waals surface area contributed by atoms with Gasteiger partial charge in [-0.25, -0.2) is 9.97 Å². The summed E-state index contributed by atoms with van der Waals surface area (Å²) in [5, 5.41) is 0. The van der Waals surface area contributed by atoms with Crippen LogP contribution in [-0.4, -0.2) is 41.9 Å². The molecule has 0 saturated carbocycles. The van der Waals surface area contributed by atoms with Gasteiger partial charge in [0.15, 0.2) is 5.82 Å². The van der Waals surface area contributed by atoms with E-state index in [1.54, 1.807) is 19.4 Å². The summed E-state index contributed by atoms with van der Waals surface area (Å²) in [5.41, 5.74) is 2.88. The van der Waals surface area contributed by atoms with Crippen molar-refractivity contribution in [1.29, 1.82) is 0 Å². The van der Waals surface area contributed by atoms with E-state index in [2.05, 4.69) is 15.0 Å². The second-order valence-corrected chi connectivity index (χ2v) is 5.28. The number of anilines is 1. The van der Waals surface area contributed by atoms with Gasteiger partial charge in [-0.2, -0.15) is 0 Å². The van der Waals surface area contributed by atoms with Crippen LogP contribution in [0.2, 0.25) is 0 Å². The fraction of sp³-hybridized carbons (Fsp3) is 0.375. The minimum atomic E-state index is 0.314. The average Bonchev–Trinajstić information content (AvgIpc) is 3.02. The normalized spacial score (nSPS) is 12.8. The van der Waals surface area contributed by atoms with Gasteiger partial charge in [0.05, 0.1) is 13.7 Å². The van der Waals surface area contributed by atoms with Gasteiger partial charge in [0.2, 0.25) is 0 Å². The molecule has 1 aliphatic carbocycles. The second kappa shape index (κ2) is 6.09. The minimum absolute atomic E-state index is 0.314. The molecule has 0 atom stereocenters. The molecule has 6 heteroatoms. The van der Waals surface area contributed by atoms with Crippen LogP contribution in [0.15, 0.2) is 18.3 Å². The van der Waals surface area contributed by atoms with Crippen LogP contribution < -0.4 is 9.64 Å². The maximum atomic E-state index is 10.8. The fourth-order valence-electron chi connectivity index (χ4n) is 2.70. The molecule has 114 valence electrons. The summed E-state index contributed by atoms with van der Waals surface area (Å²) in [6.07, 6.45) is 5.53. The molecule has 22 heavy (non-hydrogen) atoms. The van der Waals surface area contributed by atoms with Crippen molar-refractivity contribution in [2.45, 2.75) is 19.3 Å². The highest BCUT2D eigenvalue weighted by Crippen LogP contribution is 2.30. The van der Waals surface area contributed by atoms with Gasteiger partial charge in [-0.15, -0.1) is 0 Å². The van der Waals surface area contributed by atoms with Crippen LogP contribution in [0.1, 0.15) is 17.7 Å². The first-order valence-corrected chi connectivity index (χ1v) is 7.28. The van der Waals surface area contributed by atoms with E-state index in [0.29, 0.717) is 18.1 Å². The van der Waals surface area contributed by atoms with E-state index in [1.165, 1.54) is 0 Å². The number of hydrogen-bond acceptors (Lipinski definition) is 6. The Morgan fingerprint density at radius 3 is 3.00 bits per heavy atom. The van der Waals surface area contributed by atoms with E-state index >= 15 is 0 Å². The summed E-state index contributed by atoms with van der Waals surface area (Å²) in [5.74, 6) is 2.12. The third-order valence-corrected chi connectivity index (χ3v) is 3.82. The van der Waals surface area contributed by atoms with Gasteiger partial charge in [0, 0.05) is 30.6 Å². The number of methoxy groups -OCH3 is 1. The number of fused-ring (bicyclic) bond motifs is 1. The Hall–Kier alpha value is -2.50. The molecule has 0 spiro atoms. The first-order chi connectivity index (χ1) is 10.7. The van der Waals surface area contributed by atoms with Gasteiger partial charge in [0.1, 0.15) is 23.5 Å². The van der Waals surface area contributed by atoms with Crippen molar-refractivity contribution < 1.29 is 9.53 Å². The average molecular weight is 298 g/mol. The smallest absolute Gasteiger partial charge is 0.180 e. The molecule has 0 unspecified atom stereocenters. The maximum Gasteiger partial charge on any atom is 0.180 e. The summed E-state index contributed by atoms with van der Waals surface area (Å²) in [7, 11) is 3.49. The number of pyridine rings is 1. The number of aromatic nitrogens is 3. The molecule has 3 rings (SSSR count). The highest BCUT2D eigenvalue weighted by molar-refractivity contribution is 5.64. The molecule has 0 radical (unpaired) electrons. The number of aryl methyl sites for hydroxylation is 1. The Kier molecular flexibility index (Phi) is 4.00. The third-order valence-electron chi connectivity index (χ3n) is 3.82. The van der Waals surface area contributed by atoms with E-state index in [9.17, 15) is 4.79 Å². The van der Waals surface area contributed by atoms with Crippen LogP contribution in [0.4, 0.5) is 5.82 Å². The third kappa shape index (κ3) is 2.64. The lowest BCUT2D eigenvalue weighted by atomic mass is 10.2. The van der Waals surface area contributed by atoms with Crippen LogP contribution in [0.5, 0.6) is 5.75 Å². The standard InChI is InChI=1S/C16H18N4O2/c1-20(8-9-21)16-12-4-3-5-13(12)18-15(19-16)14-10-11(22-2)6-7-17-14/h6-7,9-10H,3-5,8H2,1-2H3. The predicted molar refractivity (Wildman–Crippen MR) is 83.2 cm³/mol. The van der Waals surface area contributed by atoms with E-state index in [-0.39, 0.29) is 0 Å². The highest BCUT2D eigenvalue weighted by atomic mass is 16.5. The summed E-state index contributed by atoms with van der Waals surface area (Å²) in [4.78, 5) is 26.3. The quantitative estimate of drug-likeness (QED) is 0.782. The summed E-state index contributed by atoms with van der Waals surface area (Å²) in [6, 6.07) is 3.61. The molecule has 2 aromatic heterocycles. The number of rotatable bonds is 5. The van der Waals surface area contributed by atoms with Gasteiger partial charge in [0.25, 0.3) is 0 Å². The van der Waals surface area contributed by atoms with Gasteiger partial charge in [-0.1, -0.05) is 0 Å². The number of carbonyl (C=O) groups excluding carboxylic acids is 1. The van der Waals surface area contributed by atoms with Crippen molar-refractivity contribution in [3.63, 3.8) is 0 Å². The highest BCUT2D eigenvalue weighted by Gasteiger charge is 2.22. The molecule has 0 aromatic carbocycles.